The Morgan fingerprint density at radius 3 is 2.46 bits per heavy atom. The number of nitrogens with zero attached hydrogens (tertiary/aromatic N) is 3. The Labute approximate surface area is 153 Å². The number of nitrogens with one attached hydrogen (secondary N) is 1. The molecule has 0 aliphatic carbocycles. The van der Waals surface area contributed by atoms with Gasteiger partial charge in [0, 0.05) is 19.6 Å². The maximum absolute atomic E-state index is 11.8. The molecule has 3 N–H and O–H groups in total. The molecule has 2 heterocycles. The van der Waals surface area contributed by atoms with Crippen molar-refractivity contribution in [2.75, 3.05) is 30.3 Å². The van der Waals surface area contributed by atoms with Crippen LogP contribution >= 0.6 is 0 Å². The molecule has 0 saturated carbocycles. The molecule has 140 valence electrons. The number of ether oxygens (including phenoxy) is 1. The number of alkyl carbamates (subject to hydrolysis) is 1. The van der Waals surface area contributed by atoms with E-state index >= 15 is 0 Å². The lowest BCUT2D eigenvalue weighted by Gasteiger charge is -2.33. The van der Waals surface area contributed by atoms with E-state index in [4.69, 9.17) is 10.5 Å². The highest BCUT2D eigenvalue weighted by molar-refractivity contribution is 5.79. The Morgan fingerprint density at radius 2 is 1.85 bits per heavy atom. The second-order valence-corrected chi connectivity index (χ2v) is 7.73. The Bertz CT molecular complexity index is 779. The van der Waals surface area contributed by atoms with E-state index in [1.54, 1.807) is 0 Å². The second kappa shape index (κ2) is 7.35. The van der Waals surface area contributed by atoms with Gasteiger partial charge in [-0.3, -0.25) is 0 Å². The molecule has 1 aliphatic rings. The molecule has 7 heteroatoms. The molecule has 0 atom stereocenters. The predicted octanol–water partition coefficient (Wildman–Crippen LogP) is 2.95. The monoisotopic (exact) mass is 357 g/mol. The van der Waals surface area contributed by atoms with E-state index in [1.165, 1.54) is 0 Å². The summed E-state index contributed by atoms with van der Waals surface area (Å²) in [5, 5.41) is 2.87. The fraction of sp³-hybridized carbons (Fsp3) is 0.526. The van der Waals surface area contributed by atoms with Crippen LogP contribution in [0.3, 0.4) is 0 Å². The van der Waals surface area contributed by atoms with Crippen molar-refractivity contribution in [1.82, 2.24) is 15.3 Å². The van der Waals surface area contributed by atoms with Crippen LogP contribution in [0.2, 0.25) is 0 Å². The Hall–Kier alpha value is -2.57. The molecule has 2 aromatic rings. The minimum absolute atomic E-state index is 0.357. The lowest BCUT2D eigenvalue weighted by molar-refractivity contribution is 0.0517. The summed E-state index contributed by atoms with van der Waals surface area (Å²) in [5.74, 6) is 1.64. The van der Waals surface area contributed by atoms with E-state index in [2.05, 4.69) is 20.2 Å². The minimum atomic E-state index is -0.472. The van der Waals surface area contributed by atoms with Crippen LogP contribution in [0.1, 0.15) is 33.6 Å². The smallest absolute Gasteiger partial charge is 0.407 e. The number of nitrogens with two attached hydrogens (primary N) is 1. The molecule has 7 nitrogen and oxygen atoms in total. The van der Waals surface area contributed by atoms with Crippen molar-refractivity contribution in [3.05, 3.63) is 24.3 Å². The topological polar surface area (TPSA) is 93.4 Å². The van der Waals surface area contributed by atoms with Crippen LogP contribution in [0.25, 0.3) is 11.0 Å². The summed E-state index contributed by atoms with van der Waals surface area (Å²) >= 11 is 0. The number of aromatic nitrogens is 2. The molecule has 1 saturated heterocycles. The van der Waals surface area contributed by atoms with Gasteiger partial charge >= 0.3 is 6.09 Å². The first-order valence-corrected chi connectivity index (χ1v) is 9.06. The average molecular weight is 357 g/mol. The number of rotatable bonds is 3. The molecule has 0 radical (unpaired) electrons. The van der Waals surface area contributed by atoms with Gasteiger partial charge in [-0.2, -0.15) is 0 Å². The highest BCUT2D eigenvalue weighted by atomic mass is 16.6. The molecule has 0 unspecified atom stereocenters. The normalized spacial score (nSPS) is 15.9. The van der Waals surface area contributed by atoms with Crippen molar-refractivity contribution >= 4 is 28.8 Å². The Balaban J connectivity index is 1.55. The summed E-state index contributed by atoms with van der Waals surface area (Å²) < 4.78 is 5.28. The quantitative estimate of drug-likeness (QED) is 0.877. The van der Waals surface area contributed by atoms with E-state index in [0.29, 0.717) is 18.3 Å². The van der Waals surface area contributed by atoms with E-state index in [0.717, 1.165) is 42.8 Å². The first-order chi connectivity index (χ1) is 12.3. The summed E-state index contributed by atoms with van der Waals surface area (Å²) in [6.07, 6.45) is 1.57. The van der Waals surface area contributed by atoms with Gasteiger partial charge < -0.3 is 20.7 Å². The number of hydrogen-bond donors (Lipinski definition) is 2. The van der Waals surface area contributed by atoms with Gasteiger partial charge in [-0.25, -0.2) is 14.8 Å². The Morgan fingerprint density at radius 1 is 1.23 bits per heavy atom. The van der Waals surface area contributed by atoms with Crippen LogP contribution in [-0.4, -0.2) is 41.3 Å². The number of carbonyl (C=O) groups excluding carboxylic acids is 1. The van der Waals surface area contributed by atoms with Gasteiger partial charge in [-0.1, -0.05) is 12.1 Å². The standard InChI is InChI=1S/C19H27N5O2/c1-19(2,3)26-18(25)21-12-13-8-10-24(11-9-13)17-16(20)22-14-6-4-5-7-15(14)23-17/h4-7,13H,8-12H2,1-3H3,(H2,20,22)(H,21,25). The van der Waals surface area contributed by atoms with Crippen molar-refractivity contribution in [2.45, 2.75) is 39.2 Å². The molecule has 1 aromatic heterocycles. The van der Waals surface area contributed by atoms with Crippen molar-refractivity contribution in [2.24, 2.45) is 5.92 Å². The van der Waals surface area contributed by atoms with Gasteiger partial charge in [-0.15, -0.1) is 0 Å². The van der Waals surface area contributed by atoms with Crippen molar-refractivity contribution in [3.63, 3.8) is 0 Å². The van der Waals surface area contributed by atoms with E-state index in [9.17, 15) is 4.79 Å². The zero-order chi connectivity index (χ0) is 18.7. The van der Waals surface area contributed by atoms with Crippen LogP contribution in [-0.2, 0) is 4.74 Å². The number of fused-ring (bicyclic) bond motifs is 1. The summed E-state index contributed by atoms with van der Waals surface area (Å²) in [6, 6.07) is 7.74. The second-order valence-electron chi connectivity index (χ2n) is 7.73. The van der Waals surface area contributed by atoms with Crippen LogP contribution in [0, 0.1) is 5.92 Å². The number of amides is 1. The van der Waals surface area contributed by atoms with Crippen molar-refractivity contribution in [1.29, 1.82) is 0 Å². The van der Waals surface area contributed by atoms with E-state index in [1.807, 2.05) is 45.0 Å². The molecule has 3 rings (SSSR count). The molecular formula is C19H27N5O2. The Kier molecular flexibility index (Phi) is 5.15. The third-order valence-electron chi connectivity index (χ3n) is 4.43. The zero-order valence-corrected chi connectivity index (χ0v) is 15.7. The first-order valence-electron chi connectivity index (χ1n) is 9.06. The minimum Gasteiger partial charge on any atom is -0.444 e. The third kappa shape index (κ3) is 4.53. The van der Waals surface area contributed by atoms with Crippen LogP contribution in [0.5, 0.6) is 0 Å². The number of nitrogen functional groups attached to an aromatic ring is 1. The largest absolute Gasteiger partial charge is 0.444 e. The van der Waals surface area contributed by atoms with Gasteiger partial charge in [0.05, 0.1) is 11.0 Å². The lowest BCUT2D eigenvalue weighted by atomic mass is 9.97. The van der Waals surface area contributed by atoms with Gasteiger partial charge in [0.15, 0.2) is 11.6 Å². The van der Waals surface area contributed by atoms with Gasteiger partial charge in [-0.05, 0) is 51.7 Å². The molecule has 1 amide bonds. The summed E-state index contributed by atoms with van der Waals surface area (Å²) in [6.45, 7) is 7.90. The van der Waals surface area contributed by atoms with Crippen molar-refractivity contribution < 1.29 is 9.53 Å². The number of piperidine rings is 1. The molecule has 0 bridgehead atoms. The zero-order valence-electron chi connectivity index (χ0n) is 15.7. The summed E-state index contributed by atoms with van der Waals surface area (Å²) in [5.41, 5.74) is 7.31. The maximum atomic E-state index is 11.8. The fourth-order valence-corrected chi connectivity index (χ4v) is 3.13. The number of para-hydroxylation sites is 2. The number of anilines is 2. The molecular weight excluding hydrogens is 330 g/mol. The van der Waals surface area contributed by atoms with Gasteiger partial charge in [0.1, 0.15) is 5.60 Å². The summed E-state index contributed by atoms with van der Waals surface area (Å²) in [4.78, 5) is 23.1. The van der Waals surface area contributed by atoms with Crippen molar-refractivity contribution in [3.8, 4) is 0 Å². The van der Waals surface area contributed by atoms with E-state index < -0.39 is 5.60 Å². The third-order valence-corrected chi connectivity index (χ3v) is 4.43. The molecule has 0 spiro atoms. The van der Waals surface area contributed by atoms with Crippen LogP contribution < -0.4 is 16.0 Å². The van der Waals surface area contributed by atoms with Crippen LogP contribution in [0.4, 0.5) is 16.4 Å². The number of benzene rings is 1. The average Bonchev–Trinajstić information content (AvgIpc) is 2.58. The van der Waals surface area contributed by atoms with E-state index in [-0.39, 0.29) is 6.09 Å². The van der Waals surface area contributed by atoms with Gasteiger partial charge in [0.2, 0.25) is 0 Å². The molecule has 1 fully saturated rings. The maximum Gasteiger partial charge on any atom is 0.407 e. The number of carbonyl (C=O) groups is 1. The highest BCUT2D eigenvalue weighted by Gasteiger charge is 2.24. The predicted molar refractivity (Wildman–Crippen MR) is 103 cm³/mol. The molecule has 26 heavy (non-hydrogen) atoms. The summed E-state index contributed by atoms with van der Waals surface area (Å²) in [7, 11) is 0. The first kappa shape index (κ1) is 18.2. The SMILES string of the molecule is CC(C)(C)OC(=O)NCC1CCN(c2nc3ccccc3nc2N)CC1. The molecule has 1 aliphatic heterocycles. The van der Waals surface area contributed by atoms with Gasteiger partial charge in [0.25, 0.3) is 0 Å². The fourth-order valence-electron chi connectivity index (χ4n) is 3.13. The van der Waals surface area contributed by atoms with Crippen LogP contribution in [0.15, 0.2) is 24.3 Å². The highest BCUT2D eigenvalue weighted by Crippen LogP contribution is 2.27. The molecule has 1 aromatic carbocycles. The lowest BCUT2D eigenvalue weighted by Crippen LogP contribution is -2.40. The number of hydrogen-bond acceptors (Lipinski definition) is 6.